The van der Waals surface area contributed by atoms with E-state index in [9.17, 15) is 4.79 Å². The number of hydrogen-bond donors (Lipinski definition) is 2. The lowest BCUT2D eigenvalue weighted by Crippen LogP contribution is -2.57. The SMILES string of the molecule is NC1(C(=O)O)CC(c2ccccc2Cl)C1. The van der Waals surface area contributed by atoms with Crippen molar-refractivity contribution in [2.45, 2.75) is 24.3 Å². The third-order valence-electron chi connectivity index (χ3n) is 2.99. The summed E-state index contributed by atoms with van der Waals surface area (Å²) in [7, 11) is 0. The number of nitrogens with two attached hydrogens (primary N) is 1. The summed E-state index contributed by atoms with van der Waals surface area (Å²) in [5, 5.41) is 9.56. The van der Waals surface area contributed by atoms with Crippen LogP contribution in [-0.4, -0.2) is 16.6 Å². The summed E-state index contributed by atoms with van der Waals surface area (Å²) in [6.07, 6.45) is 0.929. The number of carboxylic acids is 1. The molecule has 0 radical (unpaired) electrons. The molecule has 1 aliphatic rings. The third kappa shape index (κ3) is 1.73. The molecule has 3 N–H and O–H groups in total. The van der Waals surface area contributed by atoms with Crippen LogP contribution in [0.15, 0.2) is 24.3 Å². The number of benzene rings is 1. The second-order valence-corrected chi connectivity index (χ2v) is 4.50. The van der Waals surface area contributed by atoms with Crippen LogP contribution >= 0.6 is 11.6 Å². The Morgan fingerprint density at radius 1 is 1.47 bits per heavy atom. The van der Waals surface area contributed by atoms with Crippen molar-refractivity contribution in [3.63, 3.8) is 0 Å². The van der Waals surface area contributed by atoms with Gasteiger partial charge in [0, 0.05) is 5.02 Å². The van der Waals surface area contributed by atoms with E-state index in [1.165, 1.54) is 0 Å². The van der Waals surface area contributed by atoms with Crippen LogP contribution in [0, 0.1) is 0 Å². The van der Waals surface area contributed by atoms with Crippen LogP contribution in [0.4, 0.5) is 0 Å². The Bertz CT molecular complexity index is 399. The molecule has 2 rings (SSSR count). The lowest BCUT2D eigenvalue weighted by molar-refractivity contribution is -0.147. The van der Waals surface area contributed by atoms with E-state index in [2.05, 4.69) is 0 Å². The lowest BCUT2D eigenvalue weighted by atomic mass is 9.66. The van der Waals surface area contributed by atoms with Crippen molar-refractivity contribution in [1.82, 2.24) is 0 Å². The molecule has 0 saturated heterocycles. The van der Waals surface area contributed by atoms with Crippen LogP contribution in [0.2, 0.25) is 5.02 Å². The smallest absolute Gasteiger partial charge is 0.323 e. The Kier molecular flexibility index (Phi) is 2.44. The Balaban J connectivity index is 2.13. The molecule has 1 fully saturated rings. The van der Waals surface area contributed by atoms with Crippen LogP contribution in [-0.2, 0) is 4.79 Å². The first-order valence-corrected chi connectivity index (χ1v) is 5.17. The standard InChI is InChI=1S/C11H12ClNO2/c12-9-4-2-1-3-8(9)7-5-11(13,6-7)10(14)15/h1-4,7H,5-6,13H2,(H,14,15). The van der Waals surface area contributed by atoms with Gasteiger partial charge < -0.3 is 10.8 Å². The summed E-state index contributed by atoms with van der Waals surface area (Å²) in [6, 6.07) is 7.50. The Morgan fingerprint density at radius 3 is 2.60 bits per heavy atom. The summed E-state index contributed by atoms with van der Waals surface area (Å²) >= 11 is 6.02. The van der Waals surface area contributed by atoms with Gasteiger partial charge in [0.2, 0.25) is 0 Å². The minimum atomic E-state index is -1.05. The second kappa shape index (κ2) is 3.51. The van der Waals surface area contributed by atoms with Gasteiger partial charge in [-0.15, -0.1) is 0 Å². The molecule has 0 heterocycles. The van der Waals surface area contributed by atoms with E-state index in [0.29, 0.717) is 17.9 Å². The van der Waals surface area contributed by atoms with E-state index < -0.39 is 11.5 Å². The number of rotatable bonds is 2. The van der Waals surface area contributed by atoms with E-state index in [4.69, 9.17) is 22.4 Å². The average Bonchev–Trinajstić information content (AvgIpc) is 2.14. The van der Waals surface area contributed by atoms with Gasteiger partial charge in [-0.1, -0.05) is 29.8 Å². The zero-order valence-electron chi connectivity index (χ0n) is 8.11. The van der Waals surface area contributed by atoms with E-state index in [0.717, 1.165) is 5.56 Å². The summed E-state index contributed by atoms with van der Waals surface area (Å²) in [6.45, 7) is 0. The zero-order chi connectivity index (χ0) is 11.1. The minimum Gasteiger partial charge on any atom is -0.480 e. The highest BCUT2D eigenvalue weighted by atomic mass is 35.5. The zero-order valence-corrected chi connectivity index (χ0v) is 8.87. The monoisotopic (exact) mass is 225 g/mol. The fourth-order valence-corrected chi connectivity index (χ4v) is 2.31. The molecule has 0 unspecified atom stereocenters. The molecule has 0 aliphatic heterocycles. The molecule has 1 saturated carbocycles. The predicted molar refractivity (Wildman–Crippen MR) is 58.0 cm³/mol. The van der Waals surface area contributed by atoms with Crippen molar-refractivity contribution >= 4 is 17.6 Å². The number of carboxylic acid groups (broad SMARTS) is 1. The quantitative estimate of drug-likeness (QED) is 0.809. The van der Waals surface area contributed by atoms with Crippen LogP contribution in [0.5, 0.6) is 0 Å². The third-order valence-corrected chi connectivity index (χ3v) is 3.34. The molecule has 1 aromatic carbocycles. The number of halogens is 1. The molecule has 0 amide bonds. The van der Waals surface area contributed by atoms with E-state index >= 15 is 0 Å². The maximum atomic E-state index is 10.8. The molecule has 0 bridgehead atoms. The van der Waals surface area contributed by atoms with Crippen molar-refractivity contribution in [3.8, 4) is 0 Å². The van der Waals surface area contributed by atoms with Crippen molar-refractivity contribution in [1.29, 1.82) is 0 Å². The first-order chi connectivity index (χ1) is 7.03. The van der Waals surface area contributed by atoms with E-state index in [1.807, 2.05) is 24.3 Å². The molecule has 1 aromatic rings. The van der Waals surface area contributed by atoms with Gasteiger partial charge in [-0.3, -0.25) is 4.79 Å². The molecular weight excluding hydrogens is 214 g/mol. The summed E-state index contributed by atoms with van der Waals surface area (Å²) in [5.74, 6) is -0.745. The van der Waals surface area contributed by atoms with Crippen LogP contribution < -0.4 is 5.73 Å². The Labute approximate surface area is 92.8 Å². The van der Waals surface area contributed by atoms with Gasteiger partial charge in [0.25, 0.3) is 0 Å². The van der Waals surface area contributed by atoms with Gasteiger partial charge in [-0.25, -0.2) is 0 Å². The topological polar surface area (TPSA) is 63.3 Å². The summed E-state index contributed by atoms with van der Waals surface area (Å²) < 4.78 is 0. The van der Waals surface area contributed by atoms with Crippen molar-refractivity contribution in [2.24, 2.45) is 5.73 Å². The first-order valence-electron chi connectivity index (χ1n) is 4.80. The highest BCUT2D eigenvalue weighted by molar-refractivity contribution is 6.31. The van der Waals surface area contributed by atoms with Gasteiger partial charge in [-0.05, 0) is 30.4 Å². The van der Waals surface area contributed by atoms with Gasteiger partial charge in [0.1, 0.15) is 5.54 Å². The van der Waals surface area contributed by atoms with Crippen molar-refractivity contribution in [3.05, 3.63) is 34.9 Å². The number of aliphatic carboxylic acids is 1. The Morgan fingerprint density at radius 2 is 2.07 bits per heavy atom. The van der Waals surface area contributed by atoms with Crippen LogP contribution in [0.3, 0.4) is 0 Å². The molecule has 4 heteroatoms. The molecule has 80 valence electrons. The van der Waals surface area contributed by atoms with Crippen LogP contribution in [0.25, 0.3) is 0 Å². The second-order valence-electron chi connectivity index (χ2n) is 4.09. The molecule has 3 nitrogen and oxygen atoms in total. The van der Waals surface area contributed by atoms with Crippen LogP contribution in [0.1, 0.15) is 24.3 Å². The highest BCUT2D eigenvalue weighted by Gasteiger charge is 2.48. The van der Waals surface area contributed by atoms with E-state index in [-0.39, 0.29) is 5.92 Å². The fourth-order valence-electron chi connectivity index (χ4n) is 2.02. The number of carbonyl (C=O) groups is 1. The summed E-state index contributed by atoms with van der Waals surface area (Å²) in [4.78, 5) is 10.8. The summed E-state index contributed by atoms with van der Waals surface area (Å²) in [5.41, 5.74) is 5.63. The molecule has 0 spiro atoms. The van der Waals surface area contributed by atoms with Gasteiger partial charge >= 0.3 is 5.97 Å². The molecule has 15 heavy (non-hydrogen) atoms. The maximum Gasteiger partial charge on any atom is 0.323 e. The first kappa shape index (κ1) is 10.5. The molecule has 0 aromatic heterocycles. The average molecular weight is 226 g/mol. The molecule has 1 aliphatic carbocycles. The van der Waals surface area contributed by atoms with Gasteiger partial charge in [-0.2, -0.15) is 0 Å². The lowest BCUT2D eigenvalue weighted by Gasteiger charge is -2.41. The molecular formula is C11H12ClNO2. The van der Waals surface area contributed by atoms with E-state index in [1.54, 1.807) is 0 Å². The van der Waals surface area contributed by atoms with Crippen molar-refractivity contribution in [2.75, 3.05) is 0 Å². The predicted octanol–water partition coefficient (Wildman–Crippen LogP) is 2.00. The number of hydrogen-bond acceptors (Lipinski definition) is 2. The van der Waals surface area contributed by atoms with Gasteiger partial charge in [0.05, 0.1) is 0 Å². The minimum absolute atomic E-state index is 0.180. The van der Waals surface area contributed by atoms with Crippen molar-refractivity contribution < 1.29 is 9.90 Å². The van der Waals surface area contributed by atoms with Gasteiger partial charge in [0.15, 0.2) is 0 Å². The fraction of sp³-hybridized carbons (Fsp3) is 0.364. The normalized spacial score (nSPS) is 29.6. The Hall–Kier alpha value is -1.06. The maximum absolute atomic E-state index is 10.8. The highest BCUT2D eigenvalue weighted by Crippen LogP contribution is 2.45. The molecule has 0 atom stereocenters. The largest absolute Gasteiger partial charge is 0.480 e.